The first-order valence-electron chi connectivity index (χ1n) is 7.99. The molecule has 0 aromatic heterocycles. The molecule has 2 fully saturated rings. The summed E-state index contributed by atoms with van der Waals surface area (Å²) in [5.74, 6) is -1.26. The predicted octanol–water partition coefficient (Wildman–Crippen LogP) is 2.49. The smallest absolute Gasteiger partial charge is 0.335 e. The highest BCUT2D eigenvalue weighted by molar-refractivity contribution is 6.05. The summed E-state index contributed by atoms with van der Waals surface area (Å²) in [5, 5.41) is 10.3. The standard InChI is InChI=1S/C17H20N2O4/c20-14-11-17(9-3-1-2-4-10-17)16(23)19(18-14)13-7-5-12(6-8-13)15(21)22/h5-8H,1-4,9-11H2,(H,18,20)(H,21,22). The molecule has 0 atom stereocenters. The molecule has 1 aliphatic heterocycles. The van der Waals surface area contributed by atoms with E-state index in [4.69, 9.17) is 5.11 Å². The number of hydrogen-bond acceptors (Lipinski definition) is 3. The van der Waals surface area contributed by atoms with Gasteiger partial charge in [-0.05, 0) is 37.1 Å². The van der Waals surface area contributed by atoms with Crippen LogP contribution in [-0.4, -0.2) is 22.9 Å². The molecule has 1 spiro atoms. The SMILES string of the molecule is O=C1CC2(CCCCCC2)C(=O)N(c2ccc(C(=O)O)cc2)N1. The molecule has 3 rings (SSSR count). The van der Waals surface area contributed by atoms with Crippen LogP contribution >= 0.6 is 0 Å². The van der Waals surface area contributed by atoms with E-state index in [9.17, 15) is 14.4 Å². The van der Waals surface area contributed by atoms with E-state index in [1.165, 1.54) is 17.1 Å². The zero-order chi connectivity index (χ0) is 16.4. The number of carboxylic acids is 1. The van der Waals surface area contributed by atoms with Crippen LogP contribution in [0.1, 0.15) is 55.3 Å². The average Bonchev–Trinajstić information content (AvgIpc) is 2.77. The first kappa shape index (κ1) is 15.5. The average molecular weight is 316 g/mol. The number of benzene rings is 1. The lowest BCUT2D eigenvalue weighted by Gasteiger charge is -2.40. The molecule has 1 saturated heterocycles. The molecule has 1 aromatic rings. The Kier molecular flexibility index (Phi) is 4.07. The van der Waals surface area contributed by atoms with E-state index in [-0.39, 0.29) is 23.8 Å². The molecule has 0 unspecified atom stereocenters. The fourth-order valence-electron chi connectivity index (χ4n) is 3.57. The normalized spacial score (nSPS) is 21.0. The van der Waals surface area contributed by atoms with Crippen molar-refractivity contribution in [1.82, 2.24) is 5.43 Å². The van der Waals surface area contributed by atoms with Crippen molar-refractivity contribution in [2.75, 3.05) is 5.01 Å². The molecule has 122 valence electrons. The predicted molar refractivity (Wildman–Crippen MR) is 83.8 cm³/mol. The van der Waals surface area contributed by atoms with Crippen molar-refractivity contribution in [1.29, 1.82) is 0 Å². The molecule has 1 aromatic carbocycles. The molecule has 6 nitrogen and oxygen atoms in total. The highest BCUT2D eigenvalue weighted by Crippen LogP contribution is 2.42. The fourth-order valence-corrected chi connectivity index (χ4v) is 3.57. The molecule has 6 heteroatoms. The van der Waals surface area contributed by atoms with Crippen LogP contribution in [0.4, 0.5) is 5.69 Å². The number of amides is 2. The minimum atomic E-state index is -1.02. The summed E-state index contributed by atoms with van der Waals surface area (Å²) in [6, 6.07) is 5.98. The number of carbonyl (C=O) groups is 3. The van der Waals surface area contributed by atoms with Crippen molar-refractivity contribution in [3.8, 4) is 0 Å². The first-order valence-corrected chi connectivity index (χ1v) is 7.99. The van der Waals surface area contributed by atoms with Gasteiger partial charge >= 0.3 is 5.97 Å². The number of carboxylic acid groups (broad SMARTS) is 1. The Bertz CT molecular complexity index is 630. The largest absolute Gasteiger partial charge is 0.478 e. The number of anilines is 1. The quantitative estimate of drug-likeness (QED) is 0.877. The van der Waals surface area contributed by atoms with E-state index in [2.05, 4.69) is 5.43 Å². The zero-order valence-electron chi connectivity index (χ0n) is 12.9. The van der Waals surface area contributed by atoms with Crippen molar-refractivity contribution < 1.29 is 19.5 Å². The summed E-state index contributed by atoms with van der Waals surface area (Å²) >= 11 is 0. The molecule has 0 radical (unpaired) electrons. The maximum Gasteiger partial charge on any atom is 0.335 e. The van der Waals surface area contributed by atoms with E-state index in [0.29, 0.717) is 5.69 Å². The lowest BCUT2D eigenvalue weighted by atomic mass is 9.75. The number of nitrogens with zero attached hydrogens (tertiary/aromatic N) is 1. The van der Waals surface area contributed by atoms with Gasteiger partial charge in [0.15, 0.2) is 0 Å². The molecule has 2 amide bonds. The van der Waals surface area contributed by atoms with Crippen molar-refractivity contribution in [3.63, 3.8) is 0 Å². The van der Waals surface area contributed by atoms with E-state index >= 15 is 0 Å². The second kappa shape index (κ2) is 6.02. The molecule has 1 saturated carbocycles. The lowest BCUT2D eigenvalue weighted by molar-refractivity contribution is -0.141. The third kappa shape index (κ3) is 2.93. The third-order valence-corrected chi connectivity index (χ3v) is 4.83. The topological polar surface area (TPSA) is 86.7 Å². The highest BCUT2D eigenvalue weighted by Gasteiger charge is 2.47. The van der Waals surface area contributed by atoms with Gasteiger partial charge in [-0.3, -0.25) is 15.0 Å². The van der Waals surface area contributed by atoms with Crippen LogP contribution in [0.3, 0.4) is 0 Å². The van der Waals surface area contributed by atoms with Crippen molar-refractivity contribution in [3.05, 3.63) is 29.8 Å². The maximum atomic E-state index is 13.0. The molecular formula is C17H20N2O4. The number of nitrogens with one attached hydrogen (secondary N) is 1. The summed E-state index contributed by atoms with van der Waals surface area (Å²) in [7, 11) is 0. The van der Waals surface area contributed by atoms with E-state index in [0.717, 1.165) is 38.5 Å². The second-order valence-electron chi connectivity index (χ2n) is 6.40. The molecule has 2 N–H and O–H groups in total. The minimum Gasteiger partial charge on any atom is -0.478 e. The number of aromatic carboxylic acids is 1. The summed E-state index contributed by atoms with van der Waals surface area (Å²) < 4.78 is 0. The van der Waals surface area contributed by atoms with Gasteiger partial charge in [-0.2, -0.15) is 0 Å². The number of carbonyl (C=O) groups excluding carboxylic acids is 2. The fraction of sp³-hybridized carbons (Fsp3) is 0.471. The van der Waals surface area contributed by atoms with Gasteiger partial charge in [0.25, 0.3) is 5.91 Å². The Morgan fingerprint density at radius 2 is 1.65 bits per heavy atom. The molecule has 23 heavy (non-hydrogen) atoms. The van der Waals surface area contributed by atoms with Crippen LogP contribution in [0.15, 0.2) is 24.3 Å². The van der Waals surface area contributed by atoms with Gasteiger partial charge in [0.2, 0.25) is 5.91 Å². The minimum absolute atomic E-state index is 0.0814. The van der Waals surface area contributed by atoms with Gasteiger partial charge in [0.05, 0.1) is 16.7 Å². The number of hydrogen-bond donors (Lipinski definition) is 2. The number of hydrazine groups is 1. The first-order chi connectivity index (χ1) is 11.0. The van der Waals surface area contributed by atoms with Gasteiger partial charge in [-0.15, -0.1) is 0 Å². The van der Waals surface area contributed by atoms with Crippen LogP contribution in [0.5, 0.6) is 0 Å². The molecule has 2 aliphatic rings. The Hall–Kier alpha value is -2.37. The van der Waals surface area contributed by atoms with Crippen LogP contribution in [0.25, 0.3) is 0 Å². The Morgan fingerprint density at radius 3 is 2.22 bits per heavy atom. The summed E-state index contributed by atoms with van der Waals surface area (Å²) in [5.41, 5.74) is 2.66. The van der Waals surface area contributed by atoms with E-state index in [1.807, 2.05) is 0 Å². The van der Waals surface area contributed by atoms with E-state index < -0.39 is 11.4 Å². The van der Waals surface area contributed by atoms with Crippen molar-refractivity contribution in [2.45, 2.75) is 44.9 Å². The Morgan fingerprint density at radius 1 is 1.04 bits per heavy atom. The second-order valence-corrected chi connectivity index (χ2v) is 6.40. The third-order valence-electron chi connectivity index (χ3n) is 4.83. The molecular weight excluding hydrogens is 296 g/mol. The monoisotopic (exact) mass is 316 g/mol. The lowest BCUT2D eigenvalue weighted by Crippen LogP contribution is -2.59. The van der Waals surface area contributed by atoms with Gasteiger partial charge in [-0.1, -0.05) is 25.7 Å². The van der Waals surface area contributed by atoms with Crippen LogP contribution in [0.2, 0.25) is 0 Å². The highest BCUT2D eigenvalue weighted by atomic mass is 16.4. The van der Waals surface area contributed by atoms with E-state index in [1.54, 1.807) is 12.1 Å². The summed E-state index contributed by atoms with van der Waals surface area (Å²) in [6.07, 6.45) is 5.85. The Labute approximate surface area is 134 Å². The van der Waals surface area contributed by atoms with Gasteiger partial charge in [0.1, 0.15) is 0 Å². The summed E-state index contributed by atoms with van der Waals surface area (Å²) in [4.78, 5) is 36.1. The molecule has 0 bridgehead atoms. The van der Waals surface area contributed by atoms with Gasteiger partial charge in [-0.25, -0.2) is 9.80 Å². The van der Waals surface area contributed by atoms with Crippen LogP contribution < -0.4 is 10.4 Å². The Balaban J connectivity index is 1.90. The number of rotatable bonds is 2. The van der Waals surface area contributed by atoms with Crippen LogP contribution in [0, 0.1) is 5.41 Å². The summed E-state index contributed by atoms with van der Waals surface area (Å²) in [6.45, 7) is 0. The van der Waals surface area contributed by atoms with Gasteiger partial charge < -0.3 is 5.11 Å². The molecule has 1 heterocycles. The van der Waals surface area contributed by atoms with Crippen LogP contribution in [-0.2, 0) is 9.59 Å². The molecule has 1 aliphatic carbocycles. The van der Waals surface area contributed by atoms with Gasteiger partial charge in [0, 0.05) is 6.42 Å². The van der Waals surface area contributed by atoms with Crippen molar-refractivity contribution >= 4 is 23.5 Å². The zero-order valence-corrected chi connectivity index (χ0v) is 12.9. The van der Waals surface area contributed by atoms with Crippen molar-refractivity contribution in [2.24, 2.45) is 5.41 Å². The maximum absolute atomic E-state index is 13.0.